The number of aromatic carboxylic acids is 2. The van der Waals surface area contributed by atoms with Gasteiger partial charge in [-0.15, -0.1) is 0 Å². The lowest BCUT2D eigenvalue weighted by Crippen LogP contribution is -2.06. The minimum Gasteiger partial charge on any atom is -0.478 e. The number of benzene rings is 1. The number of hydrogen-bond acceptors (Lipinski definition) is 3. The van der Waals surface area contributed by atoms with Gasteiger partial charge in [0.05, 0.1) is 11.1 Å². The van der Waals surface area contributed by atoms with Crippen LogP contribution in [-0.2, 0) is 0 Å². The predicted octanol–water partition coefficient (Wildman–Crippen LogP) is 1.43. The fourth-order valence-corrected chi connectivity index (χ4v) is 1.45. The van der Waals surface area contributed by atoms with Crippen LogP contribution in [0.5, 0.6) is 0 Å². The minimum atomic E-state index is -1.19. The van der Waals surface area contributed by atoms with Crippen LogP contribution in [0, 0.1) is 0 Å². The Kier molecular flexibility index (Phi) is 2.76. The molecule has 1 aromatic rings. The predicted molar refractivity (Wildman–Crippen MR) is 52.5 cm³/mol. The summed E-state index contributed by atoms with van der Waals surface area (Å²) in [7, 11) is 0. The van der Waals surface area contributed by atoms with Gasteiger partial charge in [0.1, 0.15) is 0 Å². The monoisotopic (exact) mass is 259 g/mol. The number of hydrogen-bond donors (Lipinski definition) is 3. The Morgan fingerprint density at radius 1 is 1.14 bits per heavy atom. The number of nitrogens with two attached hydrogens (primary N) is 1. The number of carboxylic acid groups (broad SMARTS) is 2. The molecule has 0 heterocycles. The zero-order valence-electron chi connectivity index (χ0n) is 6.82. The van der Waals surface area contributed by atoms with Crippen molar-refractivity contribution in [1.29, 1.82) is 0 Å². The van der Waals surface area contributed by atoms with Crippen LogP contribution in [0.3, 0.4) is 0 Å². The van der Waals surface area contributed by atoms with E-state index in [1.165, 1.54) is 6.07 Å². The summed E-state index contributed by atoms with van der Waals surface area (Å²) in [5, 5.41) is 17.4. The third kappa shape index (κ3) is 1.85. The molecule has 0 spiro atoms. The van der Waals surface area contributed by atoms with Crippen LogP contribution >= 0.6 is 15.9 Å². The summed E-state index contributed by atoms with van der Waals surface area (Å²) < 4.78 is 0.191. The molecule has 14 heavy (non-hydrogen) atoms. The smallest absolute Gasteiger partial charge is 0.337 e. The molecule has 0 saturated carbocycles. The van der Waals surface area contributed by atoms with E-state index in [4.69, 9.17) is 15.9 Å². The third-order valence-corrected chi connectivity index (χ3v) is 2.26. The van der Waals surface area contributed by atoms with E-state index in [9.17, 15) is 9.59 Å². The fraction of sp³-hybridized carbons (Fsp3) is 0. The van der Waals surface area contributed by atoms with E-state index in [2.05, 4.69) is 15.9 Å². The van der Waals surface area contributed by atoms with Gasteiger partial charge in [-0.2, -0.15) is 0 Å². The van der Waals surface area contributed by atoms with Gasteiger partial charge < -0.3 is 15.9 Å². The number of carbonyl (C=O) groups is 2. The Bertz CT molecular complexity index is 376. The van der Waals surface area contributed by atoms with Gasteiger partial charge in [-0.3, -0.25) is 0 Å². The molecule has 5 nitrogen and oxygen atoms in total. The molecular formula is C8H6BrNO4. The van der Waals surface area contributed by atoms with Gasteiger partial charge in [-0.05, 0) is 28.1 Å². The first kappa shape index (κ1) is 10.5. The highest BCUT2D eigenvalue weighted by Gasteiger charge is 2.15. The third-order valence-electron chi connectivity index (χ3n) is 1.60. The maximum atomic E-state index is 10.6. The maximum absolute atomic E-state index is 10.6. The molecule has 4 N–H and O–H groups in total. The van der Waals surface area contributed by atoms with Gasteiger partial charge in [0.25, 0.3) is 0 Å². The maximum Gasteiger partial charge on any atom is 0.337 e. The highest BCUT2D eigenvalue weighted by molar-refractivity contribution is 9.10. The van der Waals surface area contributed by atoms with Crippen LogP contribution in [0.1, 0.15) is 20.7 Å². The van der Waals surface area contributed by atoms with Crippen molar-refractivity contribution in [3.05, 3.63) is 27.7 Å². The summed E-state index contributed by atoms with van der Waals surface area (Å²) in [6, 6.07) is 2.27. The van der Waals surface area contributed by atoms with Gasteiger partial charge in [-0.1, -0.05) is 0 Å². The molecule has 0 bridgehead atoms. The van der Waals surface area contributed by atoms with Crippen LogP contribution < -0.4 is 5.73 Å². The molecule has 0 fully saturated rings. The standard InChI is InChI=1S/C8H6BrNO4/c9-5-1-4(8(13)14)6(10)2-3(5)7(11)12/h1-2H,10H2,(H,11,12)(H,13,14). The van der Waals surface area contributed by atoms with Gasteiger partial charge in [-0.25, -0.2) is 9.59 Å². The number of halogens is 1. The fourth-order valence-electron chi connectivity index (χ4n) is 0.939. The van der Waals surface area contributed by atoms with Crippen LogP contribution in [0.2, 0.25) is 0 Å². The zero-order valence-corrected chi connectivity index (χ0v) is 8.41. The number of nitrogen functional groups attached to an aromatic ring is 1. The highest BCUT2D eigenvalue weighted by atomic mass is 79.9. The summed E-state index contributed by atoms with van der Waals surface area (Å²) in [4.78, 5) is 21.2. The van der Waals surface area contributed by atoms with E-state index >= 15 is 0 Å². The normalized spacial score (nSPS) is 9.79. The molecule has 6 heteroatoms. The lowest BCUT2D eigenvalue weighted by atomic mass is 10.1. The zero-order chi connectivity index (χ0) is 10.9. The first-order chi connectivity index (χ1) is 6.43. The number of carboxylic acids is 2. The number of rotatable bonds is 2. The van der Waals surface area contributed by atoms with Crippen LogP contribution in [0.15, 0.2) is 16.6 Å². The largest absolute Gasteiger partial charge is 0.478 e. The lowest BCUT2D eigenvalue weighted by Gasteiger charge is -2.04. The molecule has 1 rings (SSSR count). The molecule has 1 aromatic carbocycles. The Labute approximate surface area is 87.3 Å². The van der Waals surface area contributed by atoms with Gasteiger partial charge in [0.2, 0.25) is 0 Å². The van der Waals surface area contributed by atoms with Crippen molar-refractivity contribution in [3.63, 3.8) is 0 Å². The van der Waals surface area contributed by atoms with Crippen molar-refractivity contribution >= 4 is 33.6 Å². The average Bonchev–Trinajstić information content (AvgIpc) is 2.07. The molecular weight excluding hydrogens is 254 g/mol. The van der Waals surface area contributed by atoms with Crippen molar-refractivity contribution in [1.82, 2.24) is 0 Å². The van der Waals surface area contributed by atoms with Gasteiger partial charge in [0, 0.05) is 10.2 Å². The quantitative estimate of drug-likeness (QED) is 0.698. The molecule has 0 saturated heterocycles. The lowest BCUT2D eigenvalue weighted by molar-refractivity contribution is 0.0681. The Balaban J connectivity index is 3.38. The molecule has 0 aromatic heterocycles. The van der Waals surface area contributed by atoms with Crippen molar-refractivity contribution in [2.45, 2.75) is 0 Å². The SMILES string of the molecule is Nc1cc(C(=O)O)c(Br)cc1C(=O)O. The minimum absolute atomic E-state index is 0.0625. The second kappa shape index (κ2) is 3.67. The van der Waals surface area contributed by atoms with Gasteiger partial charge in [0.15, 0.2) is 0 Å². The molecule has 0 atom stereocenters. The summed E-state index contributed by atoms with van der Waals surface area (Å²) in [5.74, 6) is -2.36. The molecule has 0 aliphatic rings. The molecule has 0 aliphatic carbocycles. The van der Waals surface area contributed by atoms with Crippen LogP contribution in [0.25, 0.3) is 0 Å². The van der Waals surface area contributed by atoms with Crippen LogP contribution in [-0.4, -0.2) is 22.2 Å². The van der Waals surface area contributed by atoms with Crippen molar-refractivity contribution in [2.24, 2.45) is 0 Å². The van der Waals surface area contributed by atoms with Gasteiger partial charge >= 0.3 is 11.9 Å². The van der Waals surface area contributed by atoms with E-state index in [0.29, 0.717) is 0 Å². The second-order valence-electron chi connectivity index (χ2n) is 2.53. The molecule has 0 unspecified atom stereocenters. The van der Waals surface area contributed by atoms with E-state index < -0.39 is 11.9 Å². The molecule has 0 amide bonds. The molecule has 74 valence electrons. The van der Waals surface area contributed by atoms with Crippen molar-refractivity contribution in [3.8, 4) is 0 Å². The Morgan fingerprint density at radius 2 is 1.64 bits per heavy atom. The van der Waals surface area contributed by atoms with E-state index in [-0.39, 0.29) is 21.3 Å². The average molecular weight is 260 g/mol. The summed E-state index contributed by atoms with van der Waals surface area (Å²) in [6.45, 7) is 0. The van der Waals surface area contributed by atoms with Crippen molar-refractivity contribution < 1.29 is 19.8 Å². The second-order valence-corrected chi connectivity index (χ2v) is 3.38. The van der Waals surface area contributed by atoms with Crippen molar-refractivity contribution in [2.75, 3.05) is 5.73 Å². The molecule has 0 aliphatic heterocycles. The van der Waals surface area contributed by atoms with E-state index in [0.717, 1.165) is 6.07 Å². The summed E-state index contributed by atoms with van der Waals surface area (Å²) in [5.41, 5.74) is 5.11. The Hall–Kier alpha value is -1.56. The first-order valence-electron chi connectivity index (χ1n) is 3.49. The van der Waals surface area contributed by atoms with E-state index in [1.807, 2.05) is 0 Å². The number of anilines is 1. The summed E-state index contributed by atoms with van der Waals surface area (Å²) >= 11 is 2.95. The Morgan fingerprint density at radius 3 is 2.07 bits per heavy atom. The first-order valence-corrected chi connectivity index (χ1v) is 4.28. The van der Waals surface area contributed by atoms with Crippen LogP contribution in [0.4, 0.5) is 5.69 Å². The summed E-state index contributed by atoms with van der Waals surface area (Å²) in [6.07, 6.45) is 0. The highest BCUT2D eigenvalue weighted by Crippen LogP contribution is 2.23. The van der Waals surface area contributed by atoms with E-state index in [1.54, 1.807) is 0 Å². The topological polar surface area (TPSA) is 101 Å². The molecule has 0 radical (unpaired) electrons.